The van der Waals surface area contributed by atoms with Crippen molar-refractivity contribution in [3.05, 3.63) is 205 Å². The molecule has 0 fully saturated rings. The van der Waals surface area contributed by atoms with Crippen molar-refractivity contribution in [3.63, 3.8) is 0 Å². The van der Waals surface area contributed by atoms with Gasteiger partial charge in [0, 0.05) is 65.3 Å². The second kappa shape index (κ2) is 13.9. The maximum atomic E-state index is 6.52. The van der Waals surface area contributed by atoms with Gasteiger partial charge in [-0.15, -0.1) is 0 Å². The fourth-order valence-corrected chi connectivity index (χ4v) is 10.6. The maximum absolute atomic E-state index is 6.52. The van der Waals surface area contributed by atoms with E-state index in [1.807, 2.05) is 12.1 Å². The Morgan fingerprint density at radius 1 is 0.524 bits per heavy atom. The molecule has 0 saturated heterocycles. The molecule has 9 aromatic carbocycles. The van der Waals surface area contributed by atoms with Gasteiger partial charge in [-0.2, -0.15) is 0 Å². The summed E-state index contributed by atoms with van der Waals surface area (Å²) >= 11 is 0. The zero-order valence-electron chi connectivity index (χ0n) is 34.3. The molecule has 296 valence electrons. The molecule has 0 N–H and O–H groups in total. The molecule has 5 nitrogen and oxygen atoms in total. The lowest BCUT2D eigenvalue weighted by molar-refractivity contribution is 0.667. The first kappa shape index (κ1) is 35.5. The molecular weight excluding hydrogens is 769 g/mol. The number of aromatic nitrogens is 2. The molecule has 0 unspecified atom stereocenters. The first-order valence-electron chi connectivity index (χ1n) is 21.5. The predicted octanol–water partition coefficient (Wildman–Crippen LogP) is 15.3. The Hall–Kier alpha value is -8.28. The van der Waals surface area contributed by atoms with Gasteiger partial charge in [-0.1, -0.05) is 152 Å². The fraction of sp³-hybridized carbons (Fsp3) is 0.0345. The summed E-state index contributed by atoms with van der Waals surface area (Å²) in [6, 6.07) is 60.9. The van der Waals surface area contributed by atoms with Crippen LogP contribution in [0.4, 0.5) is 0 Å². The molecule has 63 heavy (non-hydrogen) atoms. The monoisotopic (exact) mass is 806 g/mol. The van der Waals surface area contributed by atoms with Crippen molar-refractivity contribution < 1.29 is 4.42 Å². The lowest BCUT2D eigenvalue weighted by Crippen LogP contribution is -2.05. The van der Waals surface area contributed by atoms with Gasteiger partial charge in [0.25, 0.3) is 0 Å². The van der Waals surface area contributed by atoms with Gasteiger partial charge in [-0.3, -0.25) is 9.98 Å². The zero-order chi connectivity index (χ0) is 41.6. The van der Waals surface area contributed by atoms with E-state index in [-0.39, 0.29) is 0 Å². The van der Waals surface area contributed by atoms with Crippen LogP contribution < -0.4 is 0 Å². The van der Waals surface area contributed by atoms with Crippen LogP contribution in [0.1, 0.15) is 12.0 Å². The molecule has 0 radical (unpaired) electrons. The van der Waals surface area contributed by atoms with Crippen molar-refractivity contribution in [2.24, 2.45) is 9.98 Å². The van der Waals surface area contributed by atoms with E-state index in [2.05, 4.69) is 198 Å². The third kappa shape index (κ3) is 5.11. The third-order valence-corrected chi connectivity index (χ3v) is 13.1. The second-order valence-corrected chi connectivity index (χ2v) is 16.4. The van der Waals surface area contributed by atoms with Crippen LogP contribution in [0.15, 0.2) is 214 Å². The molecule has 0 aliphatic heterocycles. The minimum absolute atomic E-state index is 0.393. The highest BCUT2D eigenvalue weighted by molar-refractivity contribution is 6.45. The topological polar surface area (TPSA) is 47.7 Å². The molecule has 12 aromatic rings. The van der Waals surface area contributed by atoms with Gasteiger partial charge in [-0.25, -0.2) is 0 Å². The Morgan fingerprint density at radius 2 is 1.13 bits per heavy atom. The maximum Gasteiger partial charge on any atom is 0.144 e. The van der Waals surface area contributed by atoms with Gasteiger partial charge in [-0.05, 0) is 71.8 Å². The summed E-state index contributed by atoms with van der Waals surface area (Å²) in [6.07, 6.45) is 9.09. The fourth-order valence-electron chi connectivity index (χ4n) is 10.6. The number of fused-ring (bicyclic) bond motifs is 18. The summed E-state index contributed by atoms with van der Waals surface area (Å²) < 4.78 is 11.4. The van der Waals surface area contributed by atoms with E-state index in [1.165, 1.54) is 70.4 Å². The molecule has 3 aromatic heterocycles. The zero-order valence-corrected chi connectivity index (χ0v) is 34.3. The Balaban J connectivity index is 1.13. The molecule has 3 heterocycles. The number of nitrogens with zero attached hydrogens (tertiary/aromatic N) is 4. The number of rotatable bonds is 5. The summed E-state index contributed by atoms with van der Waals surface area (Å²) in [7, 11) is 0. The highest BCUT2D eigenvalue weighted by Crippen LogP contribution is 2.50. The second-order valence-electron chi connectivity index (χ2n) is 16.4. The van der Waals surface area contributed by atoms with Crippen LogP contribution in [0.3, 0.4) is 0 Å². The number of furan rings is 1. The predicted molar refractivity (Wildman–Crippen MR) is 267 cm³/mol. The normalized spacial score (nSPS) is 14.8. The SMILES string of the molecule is C=N/C(=C1/CC=CC=C/C1=N/Cn1c2ccccc2c2c3c(c4ccccc4c21)c1ccccc1c1c3c2ccccc2n1-c1ccccc1)c1cccc2c1oc1ccccc12. The minimum atomic E-state index is 0.393. The lowest BCUT2D eigenvalue weighted by atomic mass is 9.89. The van der Waals surface area contributed by atoms with Crippen molar-refractivity contribution in [1.29, 1.82) is 0 Å². The Morgan fingerprint density at radius 3 is 1.89 bits per heavy atom. The number of hydrogen-bond acceptors (Lipinski definition) is 3. The van der Waals surface area contributed by atoms with E-state index in [4.69, 9.17) is 14.4 Å². The average Bonchev–Trinajstić information content (AvgIpc) is 3.94. The van der Waals surface area contributed by atoms with Crippen molar-refractivity contribution in [2.45, 2.75) is 13.1 Å². The van der Waals surface area contributed by atoms with E-state index in [0.717, 1.165) is 55.7 Å². The number of hydrogen-bond donors (Lipinski definition) is 0. The smallest absolute Gasteiger partial charge is 0.144 e. The lowest BCUT2D eigenvalue weighted by Gasteiger charge is -2.16. The van der Waals surface area contributed by atoms with Crippen molar-refractivity contribution in [1.82, 2.24) is 9.13 Å². The van der Waals surface area contributed by atoms with Gasteiger partial charge in [0.2, 0.25) is 0 Å². The van der Waals surface area contributed by atoms with Gasteiger partial charge < -0.3 is 13.6 Å². The summed E-state index contributed by atoms with van der Waals surface area (Å²) in [5.41, 5.74) is 11.1. The third-order valence-electron chi connectivity index (χ3n) is 13.1. The number of para-hydroxylation sites is 5. The molecule has 1 aliphatic rings. The van der Waals surface area contributed by atoms with Crippen LogP contribution >= 0.6 is 0 Å². The van der Waals surface area contributed by atoms with Crippen molar-refractivity contribution in [2.75, 3.05) is 0 Å². The Labute approximate surface area is 362 Å². The van der Waals surface area contributed by atoms with Crippen LogP contribution in [0.25, 0.3) is 109 Å². The van der Waals surface area contributed by atoms with Gasteiger partial charge in [0.15, 0.2) is 0 Å². The van der Waals surface area contributed by atoms with Gasteiger partial charge in [0.05, 0.1) is 33.5 Å². The number of allylic oxidation sites excluding steroid dienone is 5. The minimum Gasteiger partial charge on any atom is -0.455 e. The molecule has 0 spiro atoms. The number of aliphatic imine (C=N–C) groups is 2. The summed E-state index contributed by atoms with van der Waals surface area (Å²) in [5, 5.41) is 14.5. The Kier molecular flexibility index (Phi) is 7.81. The molecule has 1 aliphatic carbocycles. The van der Waals surface area contributed by atoms with E-state index in [0.29, 0.717) is 13.1 Å². The highest BCUT2D eigenvalue weighted by atomic mass is 16.3. The molecule has 0 amide bonds. The van der Waals surface area contributed by atoms with Crippen LogP contribution in [-0.2, 0) is 6.67 Å². The standard InChI is InChI=1S/C58H38N4O/c1-59-55(46-30-18-29-42-37-21-14-17-34-50(37)63-58(42)46)43-26-6-3-7-31-47(43)60-35-61-48-32-15-12-27-44(48)52-54-51(38-22-8-10-24-40(38)56(52)61)39-23-9-11-25-41(39)57-53(54)45-28-13-16-33-49(45)62(57)36-19-4-2-5-20-36/h2-25,27-34H,1,26,35H2/b55-43-,60-47-. The van der Waals surface area contributed by atoms with Crippen LogP contribution in [0, 0.1) is 0 Å². The summed E-state index contributed by atoms with van der Waals surface area (Å²) in [6.45, 7) is 4.52. The van der Waals surface area contributed by atoms with Gasteiger partial charge >= 0.3 is 0 Å². The molecule has 0 bridgehead atoms. The first-order chi connectivity index (χ1) is 31.3. The molecule has 0 saturated carbocycles. The van der Waals surface area contributed by atoms with Crippen LogP contribution in [-0.4, -0.2) is 21.6 Å². The van der Waals surface area contributed by atoms with Crippen molar-refractivity contribution in [3.8, 4) is 5.69 Å². The number of benzene rings is 9. The molecule has 5 heteroatoms. The summed E-state index contributed by atoms with van der Waals surface area (Å²) in [4.78, 5) is 10.3. The van der Waals surface area contributed by atoms with Gasteiger partial charge in [0.1, 0.15) is 17.8 Å². The molecule has 0 atom stereocenters. The van der Waals surface area contributed by atoms with E-state index in [9.17, 15) is 0 Å². The molecule has 13 rings (SSSR count). The highest BCUT2D eigenvalue weighted by Gasteiger charge is 2.26. The van der Waals surface area contributed by atoms with E-state index < -0.39 is 0 Å². The quantitative estimate of drug-likeness (QED) is 0.126. The van der Waals surface area contributed by atoms with Crippen molar-refractivity contribution >= 4 is 116 Å². The largest absolute Gasteiger partial charge is 0.455 e. The molecular formula is C58H38N4O. The average molecular weight is 807 g/mol. The van der Waals surface area contributed by atoms with E-state index >= 15 is 0 Å². The summed E-state index contributed by atoms with van der Waals surface area (Å²) in [5.74, 6) is 0. The Bertz CT molecular complexity index is 4040. The van der Waals surface area contributed by atoms with E-state index in [1.54, 1.807) is 0 Å². The van der Waals surface area contributed by atoms with Crippen LogP contribution in [0.5, 0.6) is 0 Å². The van der Waals surface area contributed by atoms with Crippen LogP contribution in [0.2, 0.25) is 0 Å². The first-order valence-corrected chi connectivity index (χ1v) is 21.5.